The highest BCUT2D eigenvalue weighted by molar-refractivity contribution is 7.91. The van der Waals surface area contributed by atoms with Gasteiger partial charge in [-0.1, -0.05) is 18.2 Å². The minimum Gasteiger partial charge on any atom is -0.484 e. The SMILES string of the molecule is O=C(COc1ccccc1)N1CCOC2(CCS(=O)(=O)CC2)C1. The van der Waals surface area contributed by atoms with Crippen molar-refractivity contribution in [1.82, 2.24) is 4.90 Å². The molecular weight excluding hydrogens is 318 g/mol. The normalized spacial score (nSPS) is 22.7. The van der Waals surface area contributed by atoms with E-state index < -0.39 is 15.4 Å². The molecule has 0 aliphatic carbocycles. The third-order valence-corrected chi connectivity index (χ3v) is 6.10. The third kappa shape index (κ3) is 4.03. The van der Waals surface area contributed by atoms with Gasteiger partial charge in [0.25, 0.3) is 5.91 Å². The van der Waals surface area contributed by atoms with Crippen molar-refractivity contribution in [3.63, 3.8) is 0 Å². The van der Waals surface area contributed by atoms with Crippen molar-refractivity contribution >= 4 is 15.7 Å². The molecule has 0 saturated carbocycles. The number of para-hydroxylation sites is 1. The van der Waals surface area contributed by atoms with Crippen LogP contribution in [0, 0.1) is 0 Å². The van der Waals surface area contributed by atoms with Crippen molar-refractivity contribution in [3.8, 4) is 5.75 Å². The third-order valence-electron chi connectivity index (χ3n) is 4.44. The summed E-state index contributed by atoms with van der Waals surface area (Å²) in [6.07, 6.45) is 0.914. The number of amides is 1. The van der Waals surface area contributed by atoms with Gasteiger partial charge in [-0.05, 0) is 25.0 Å². The fraction of sp³-hybridized carbons (Fsp3) is 0.562. The van der Waals surface area contributed by atoms with E-state index in [2.05, 4.69) is 0 Å². The molecule has 0 aromatic heterocycles. The Bertz CT molecular complexity index is 644. The van der Waals surface area contributed by atoms with Crippen LogP contribution >= 0.6 is 0 Å². The van der Waals surface area contributed by atoms with E-state index in [0.29, 0.717) is 38.3 Å². The molecule has 2 heterocycles. The van der Waals surface area contributed by atoms with Gasteiger partial charge < -0.3 is 14.4 Å². The molecule has 0 unspecified atom stereocenters. The highest BCUT2D eigenvalue weighted by atomic mass is 32.2. The minimum absolute atomic E-state index is 0.0155. The fourth-order valence-electron chi connectivity index (χ4n) is 3.02. The Morgan fingerprint density at radius 1 is 1.22 bits per heavy atom. The second-order valence-electron chi connectivity index (χ2n) is 6.10. The maximum Gasteiger partial charge on any atom is 0.260 e. The molecule has 0 N–H and O–H groups in total. The number of sulfone groups is 1. The molecule has 1 amide bonds. The summed E-state index contributed by atoms with van der Waals surface area (Å²) >= 11 is 0. The Balaban J connectivity index is 1.57. The lowest BCUT2D eigenvalue weighted by atomic mass is 9.94. The molecule has 7 heteroatoms. The molecule has 3 rings (SSSR count). The molecule has 2 aliphatic rings. The van der Waals surface area contributed by atoms with Crippen LogP contribution in [0.1, 0.15) is 12.8 Å². The van der Waals surface area contributed by atoms with E-state index in [4.69, 9.17) is 9.47 Å². The van der Waals surface area contributed by atoms with Crippen LogP contribution in [-0.4, -0.2) is 62.6 Å². The summed E-state index contributed by atoms with van der Waals surface area (Å²) in [6, 6.07) is 9.20. The average Bonchev–Trinajstić information content (AvgIpc) is 2.57. The van der Waals surface area contributed by atoms with Gasteiger partial charge in [0.2, 0.25) is 0 Å². The monoisotopic (exact) mass is 339 g/mol. The van der Waals surface area contributed by atoms with Gasteiger partial charge in [0.1, 0.15) is 5.75 Å². The molecule has 1 aromatic rings. The summed E-state index contributed by atoms with van der Waals surface area (Å²) in [4.78, 5) is 14.1. The van der Waals surface area contributed by atoms with Crippen molar-refractivity contribution in [2.24, 2.45) is 0 Å². The number of rotatable bonds is 3. The summed E-state index contributed by atoms with van der Waals surface area (Å²) < 4.78 is 34.5. The lowest BCUT2D eigenvalue weighted by Gasteiger charge is -2.44. The summed E-state index contributed by atoms with van der Waals surface area (Å²) in [5, 5.41) is 0. The highest BCUT2D eigenvalue weighted by Gasteiger charge is 2.42. The van der Waals surface area contributed by atoms with Crippen molar-refractivity contribution < 1.29 is 22.7 Å². The second-order valence-corrected chi connectivity index (χ2v) is 8.40. The van der Waals surface area contributed by atoms with Crippen LogP contribution in [0.25, 0.3) is 0 Å². The van der Waals surface area contributed by atoms with Crippen LogP contribution in [-0.2, 0) is 19.4 Å². The first kappa shape index (κ1) is 16.3. The van der Waals surface area contributed by atoms with E-state index in [-0.39, 0.29) is 24.0 Å². The van der Waals surface area contributed by atoms with Crippen LogP contribution in [0.15, 0.2) is 30.3 Å². The van der Waals surface area contributed by atoms with Gasteiger partial charge in [0, 0.05) is 13.1 Å². The Labute approximate surface area is 136 Å². The van der Waals surface area contributed by atoms with Gasteiger partial charge in [-0.25, -0.2) is 8.42 Å². The molecule has 2 saturated heterocycles. The van der Waals surface area contributed by atoms with Gasteiger partial charge in [0.15, 0.2) is 16.4 Å². The molecule has 6 nitrogen and oxygen atoms in total. The number of carbonyl (C=O) groups excluding carboxylic acids is 1. The summed E-state index contributed by atoms with van der Waals surface area (Å²) in [7, 11) is -2.95. The first-order chi connectivity index (χ1) is 11.0. The van der Waals surface area contributed by atoms with Gasteiger partial charge in [-0.3, -0.25) is 4.79 Å². The molecule has 0 bridgehead atoms. The zero-order valence-electron chi connectivity index (χ0n) is 12.9. The van der Waals surface area contributed by atoms with E-state index in [1.807, 2.05) is 18.2 Å². The molecular formula is C16H21NO5S. The molecule has 126 valence electrons. The summed E-state index contributed by atoms with van der Waals surface area (Å²) in [5.41, 5.74) is -0.508. The van der Waals surface area contributed by atoms with E-state index in [9.17, 15) is 13.2 Å². The molecule has 0 atom stereocenters. The summed E-state index contributed by atoms with van der Waals surface area (Å²) in [6.45, 7) is 1.39. The topological polar surface area (TPSA) is 72.9 Å². The van der Waals surface area contributed by atoms with Crippen LogP contribution in [0.3, 0.4) is 0 Å². The Hall–Kier alpha value is -1.60. The fourth-order valence-corrected chi connectivity index (χ4v) is 4.59. The number of ether oxygens (including phenoxy) is 2. The number of morpholine rings is 1. The lowest BCUT2D eigenvalue weighted by Crippen LogP contribution is -2.57. The Kier molecular flexibility index (Phi) is 4.59. The van der Waals surface area contributed by atoms with Crippen molar-refractivity contribution in [1.29, 1.82) is 0 Å². The number of hydrogen-bond donors (Lipinski definition) is 0. The maximum absolute atomic E-state index is 12.4. The molecule has 0 radical (unpaired) electrons. The van der Waals surface area contributed by atoms with Crippen LogP contribution in [0.4, 0.5) is 0 Å². The van der Waals surface area contributed by atoms with E-state index >= 15 is 0 Å². The molecule has 2 aliphatic heterocycles. The van der Waals surface area contributed by atoms with Gasteiger partial charge in [-0.15, -0.1) is 0 Å². The standard InChI is InChI=1S/C16H21NO5S/c18-15(12-21-14-4-2-1-3-5-14)17-8-9-22-16(13-17)6-10-23(19,20)11-7-16/h1-5H,6-13H2. The minimum atomic E-state index is -2.95. The van der Waals surface area contributed by atoms with E-state index in [1.54, 1.807) is 17.0 Å². The quantitative estimate of drug-likeness (QED) is 0.817. The largest absolute Gasteiger partial charge is 0.484 e. The maximum atomic E-state index is 12.4. The van der Waals surface area contributed by atoms with Crippen molar-refractivity contribution in [2.75, 3.05) is 37.8 Å². The molecule has 23 heavy (non-hydrogen) atoms. The van der Waals surface area contributed by atoms with Crippen LogP contribution in [0.5, 0.6) is 5.75 Å². The highest BCUT2D eigenvalue weighted by Crippen LogP contribution is 2.31. The number of carbonyl (C=O) groups is 1. The van der Waals surface area contributed by atoms with Gasteiger partial charge >= 0.3 is 0 Å². The lowest BCUT2D eigenvalue weighted by molar-refractivity contribution is -0.153. The smallest absolute Gasteiger partial charge is 0.260 e. The molecule has 1 spiro atoms. The molecule has 1 aromatic carbocycles. The number of nitrogens with zero attached hydrogens (tertiary/aromatic N) is 1. The van der Waals surface area contributed by atoms with Gasteiger partial charge in [0.05, 0.1) is 23.7 Å². The van der Waals surface area contributed by atoms with Crippen LogP contribution < -0.4 is 4.74 Å². The first-order valence-corrected chi connectivity index (χ1v) is 9.60. The predicted molar refractivity (Wildman–Crippen MR) is 85.1 cm³/mol. The Morgan fingerprint density at radius 3 is 2.61 bits per heavy atom. The van der Waals surface area contributed by atoms with E-state index in [1.165, 1.54) is 0 Å². The van der Waals surface area contributed by atoms with Gasteiger partial charge in [-0.2, -0.15) is 0 Å². The van der Waals surface area contributed by atoms with Crippen molar-refractivity contribution in [3.05, 3.63) is 30.3 Å². The first-order valence-electron chi connectivity index (χ1n) is 7.78. The zero-order valence-corrected chi connectivity index (χ0v) is 13.8. The summed E-state index contributed by atoms with van der Waals surface area (Å²) in [5.74, 6) is 0.836. The average molecular weight is 339 g/mol. The number of benzene rings is 1. The Morgan fingerprint density at radius 2 is 1.91 bits per heavy atom. The second kappa shape index (κ2) is 6.49. The molecule has 2 fully saturated rings. The number of hydrogen-bond acceptors (Lipinski definition) is 5. The zero-order chi connectivity index (χ0) is 16.3. The van der Waals surface area contributed by atoms with Crippen molar-refractivity contribution in [2.45, 2.75) is 18.4 Å². The predicted octanol–water partition coefficient (Wildman–Crippen LogP) is 0.872. The van der Waals surface area contributed by atoms with Crippen LogP contribution in [0.2, 0.25) is 0 Å². The van der Waals surface area contributed by atoms with E-state index in [0.717, 1.165) is 0 Å².